The van der Waals surface area contributed by atoms with Gasteiger partial charge in [0.2, 0.25) is 0 Å². The molecule has 0 saturated heterocycles. The first kappa shape index (κ1) is 16.2. The van der Waals surface area contributed by atoms with Crippen molar-refractivity contribution in [2.75, 3.05) is 12.4 Å². The lowest BCUT2D eigenvalue weighted by Crippen LogP contribution is -2.17. The maximum atomic E-state index is 9.95. The number of rotatable bonds is 8. The number of hydrogen-bond donors (Lipinski definition) is 1. The molecule has 0 spiro atoms. The molecule has 0 aliphatic carbocycles. The molecule has 1 atom stereocenters. The van der Waals surface area contributed by atoms with Crippen LogP contribution in [0.25, 0.3) is 10.8 Å². The highest BCUT2D eigenvalue weighted by Crippen LogP contribution is 2.26. The number of thioether (sulfide) groups is 1. The molecule has 0 fully saturated rings. The van der Waals surface area contributed by atoms with E-state index >= 15 is 0 Å². The first-order chi connectivity index (χ1) is 11.3. The van der Waals surface area contributed by atoms with Crippen molar-refractivity contribution in [3.63, 3.8) is 0 Å². The average molecular weight is 348 g/mol. The van der Waals surface area contributed by atoms with E-state index in [1.165, 1.54) is 11.8 Å². The molecule has 7 heteroatoms. The van der Waals surface area contributed by atoms with Crippen LogP contribution in [0.5, 0.6) is 0 Å². The van der Waals surface area contributed by atoms with Gasteiger partial charge in [0, 0.05) is 5.75 Å². The van der Waals surface area contributed by atoms with Gasteiger partial charge in [0.1, 0.15) is 0 Å². The molecular weight excluding hydrogens is 332 g/mol. The molecule has 5 nitrogen and oxygen atoms in total. The molecule has 0 aliphatic heterocycles. The van der Waals surface area contributed by atoms with Crippen LogP contribution >= 0.6 is 23.1 Å². The molecular formula is C16H16N2O3S2. The number of aliphatic hydroxyl groups is 1. The topological polar surface area (TPSA) is 68.4 Å². The summed E-state index contributed by atoms with van der Waals surface area (Å²) in [6.07, 6.45) is -0.583. The van der Waals surface area contributed by atoms with E-state index in [9.17, 15) is 5.11 Å². The average Bonchev–Trinajstić information content (AvgIpc) is 3.25. The number of nitrogens with zero attached hydrogens (tertiary/aromatic N) is 2. The van der Waals surface area contributed by atoms with Crippen molar-refractivity contribution in [2.45, 2.75) is 17.9 Å². The van der Waals surface area contributed by atoms with E-state index in [2.05, 4.69) is 10.2 Å². The first-order valence-corrected chi connectivity index (χ1v) is 8.97. The highest BCUT2D eigenvalue weighted by molar-refractivity contribution is 7.99. The zero-order valence-corrected chi connectivity index (χ0v) is 13.9. The molecule has 1 N–H and O–H groups in total. The molecule has 3 rings (SSSR count). The van der Waals surface area contributed by atoms with Gasteiger partial charge in [-0.2, -0.15) is 0 Å². The van der Waals surface area contributed by atoms with Gasteiger partial charge in [0.05, 0.1) is 24.2 Å². The smallest absolute Gasteiger partial charge is 0.276 e. The van der Waals surface area contributed by atoms with Gasteiger partial charge in [0.25, 0.3) is 11.1 Å². The molecule has 0 amide bonds. The molecule has 3 aromatic rings. The normalized spacial score (nSPS) is 12.4. The van der Waals surface area contributed by atoms with Crippen molar-refractivity contribution in [2.24, 2.45) is 0 Å². The highest BCUT2D eigenvalue weighted by Gasteiger charge is 2.12. The van der Waals surface area contributed by atoms with Crippen molar-refractivity contribution in [1.29, 1.82) is 0 Å². The quantitative estimate of drug-likeness (QED) is 0.629. The summed E-state index contributed by atoms with van der Waals surface area (Å²) >= 11 is 2.88. The van der Waals surface area contributed by atoms with E-state index in [0.29, 0.717) is 23.5 Å². The van der Waals surface area contributed by atoms with E-state index in [0.717, 1.165) is 10.4 Å². The van der Waals surface area contributed by atoms with Gasteiger partial charge in [-0.05, 0) is 17.0 Å². The molecule has 0 saturated carbocycles. The Morgan fingerprint density at radius 2 is 2.04 bits per heavy atom. The third-order valence-corrected chi connectivity index (χ3v) is 4.78. The van der Waals surface area contributed by atoms with Gasteiger partial charge in [0.15, 0.2) is 0 Å². The zero-order valence-electron chi connectivity index (χ0n) is 12.3. The lowest BCUT2D eigenvalue weighted by atomic mass is 10.2. The third-order valence-electron chi connectivity index (χ3n) is 2.96. The predicted octanol–water partition coefficient (Wildman–Crippen LogP) is 3.47. The van der Waals surface area contributed by atoms with Crippen molar-refractivity contribution in [1.82, 2.24) is 10.2 Å². The van der Waals surface area contributed by atoms with Crippen LogP contribution in [0.1, 0.15) is 5.56 Å². The Morgan fingerprint density at radius 1 is 1.17 bits per heavy atom. The number of benzene rings is 1. The van der Waals surface area contributed by atoms with Gasteiger partial charge in [-0.1, -0.05) is 48.2 Å². The predicted molar refractivity (Wildman–Crippen MR) is 90.4 cm³/mol. The van der Waals surface area contributed by atoms with Crippen LogP contribution < -0.4 is 0 Å². The molecule has 0 aliphatic rings. The lowest BCUT2D eigenvalue weighted by molar-refractivity contribution is 0.0397. The summed E-state index contributed by atoms with van der Waals surface area (Å²) in [4.78, 5) is 0.941. The van der Waals surface area contributed by atoms with Crippen LogP contribution in [0.4, 0.5) is 0 Å². The fourth-order valence-corrected chi connectivity index (χ4v) is 3.18. The third kappa shape index (κ3) is 4.90. The Hall–Kier alpha value is -1.67. The number of aliphatic hydroxyl groups excluding tert-OH is 1. The summed E-state index contributed by atoms with van der Waals surface area (Å²) in [5.74, 6) is 0.957. The summed E-state index contributed by atoms with van der Waals surface area (Å²) in [5, 5.41) is 20.3. The van der Waals surface area contributed by atoms with E-state index in [1.807, 2.05) is 47.8 Å². The molecule has 1 aromatic carbocycles. The Balaban J connectivity index is 1.40. The number of aromatic nitrogens is 2. The Morgan fingerprint density at radius 3 is 2.83 bits per heavy atom. The number of thiophene rings is 1. The minimum atomic E-state index is -0.583. The Labute approximate surface area is 142 Å². The van der Waals surface area contributed by atoms with E-state index in [4.69, 9.17) is 9.15 Å². The molecule has 0 radical (unpaired) electrons. The SMILES string of the molecule is OC(COCc1ccccc1)CSc1nnc(-c2cccs2)o1. The maximum Gasteiger partial charge on any atom is 0.276 e. The van der Waals surface area contributed by atoms with Crippen molar-refractivity contribution in [3.05, 3.63) is 53.4 Å². The molecule has 23 heavy (non-hydrogen) atoms. The minimum Gasteiger partial charge on any atom is -0.410 e. The van der Waals surface area contributed by atoms with Crippen LogP contribution in [-0.4, -0.2) is 33.8 Å². The minimum absolute atomic E-state index is 0.272. The number of ether oxygens (including phenoxy) is 1. The van der Waals surface area contributed by atoms with Crippen molar-refractivity contribution < 1.29 is 14.3 Å². The second-order valence-electron chi connectivity index (χ2n) is 4.82. The molecule has 0 bridgehead atoms. The fourth-order valence-electron chi connectivity index (χ4n) is 1.87. The van der Waals surface area contributed by atoms with Crippen LogP contribution in [0.15, 0.2) is 57.5 Å². The fraction of sp³-hybridized carbons (Fsp3) is 0.250. The van der Waals surface area contributed by atoms with Crippen LogP contribution in [-0.2, 0) is 11.3 Å². The van der Waals surface area contributed by atoms with Gasteiger partial charge < -0.3 is 14.3 Å². The monoisotopic (exact) mass is 348 g/mol. The van der Waals surface area contributed by atoms with Crippen molar-refractivity contribution in [3.8, 4) is 10.8 Å². The lowest BCUT2D eigenvalue weighted by Gasteiger charge is -2.09. The van der Waals surface area contributed by atoms with E-state index in [-0.39, 0.29) is 6.61 Å². The van der Waals surface area contributed by atoms with E-state index < -0.39 is 6.10 Å². The van der Waals surface area contributed by atoms with Gasteiger partial charge >= 0.3 is 0 Å². The zero-order chi connectivity index (χ0) is 15.9. The molecule has 120 valence electrons. The van der Waals surface area contributed by atoms with Gasteiger partial charge in [-0.25, -0.2) is 0 Å². The standard InChI is InChI=1S/C16H16N2O3S2/c19-13(10-20-9-12-5-2-1-3-6-12)11-23-16-18-17-15(21-16)14-7-4-8-22-14/h1-8,13,19H,9-11H2. The molecule has 2 aromatic heterocycles. The second-order valence-corrected chi connectivity index (χ2v) is 6.73. The Kier molecular flexibility index (Phi) is 5.82. The maximum absolute atomic E-state index is 9.95. The first-order valence-electron chi connectivity index (χ1n) is 7.11. The highest BCUT2D eigenvalue weighted by atomic mass is 32.2. The van der Waals surface area contributed by atoms with Crippen molar-refractivity contribution >= 4 is 23.1 Å². The summed E-state index contributed by atoms with van der Waals surface area (Å²) in [5.41, 5.74) is 1.09. The van der Waals surface area contributed by atoms with E-state index in [1.54, 1.807) is 11.3 Å². The van der Waals surface area contributed by atoms with Crippen LogP contribution in [0, 0.1) is 0 Å². The van der Waals surface area contributed by atoms with Crippen LogP contribution in [0.3, 0.4) is 0 Å². The largest absolute Gasteiger partial charge is 0.410 e. The number of hydrogen-bond acceptors (Lipinski definition) is 7. The van der Waals surface area contributed by atoms with Gasteiger partial charge in [-0.3, -0.25) is 0 Å². The van der Waals surface area contributed by atoms with Crippen LogP contribution in [0.2, 0.25) is 0 Å². The summed E-state index contributed by atoms with van der Waals surface area (Å²) in [6.45, 7) is 0.763. The van der Waals surface area contributed by atoms with Gasteiger partial charge in [-0.15, -0.1) is 21.5 Å². The summed E-state index contributed by atoms with van der Waals surface area (Å²) < 4.78 is 11.1. The second kappa shape index (κ2) is 8.26. The Bertz CT molecular complexity index is 701. The summed E-state index contributed by atoms with van der Waals surface area (Å²) in [6, 6.07) is 13.7. The molecule has 2 heterocycles. The molecule has 1 unspecified atom stereocenters. The summed E-state index contributed by atoms with van der Waals surface area (Å²) in [7, 11) is 0.